The Kier molecular flexibility index (Phi) is 7.05. The van der Waals surface area contributed by atoms with E-state index in [0.717, 1.165) is 6.20 Å². The third-order valence-corrected chi connectivity index (χ3v) is 3.76. The SMILES string of the molecule is Br.CCOC(=O)c1cnc2c(F)cc(SCCN)cc2c1O. The number of pyridine rings is 1. The number of carbonyl (C=O) groups excluding carboxylic acids is 1. The van der Waals surface area contributed by atoms with E-state index in [9.17, 15) is 14.3 Å². The Bertz CT molecular complexity index is 685. The maximum atomic E-state index is 14.0. The molecule has 120 valence electrons. The van der Waals surface area contributed by atoms with Crippen LogP contribution in [0.5, 0.6) is 5.75 Å². The van der Waals surface area contributed by atoms with Crippen molar-refractivity contribution in [3.8, 4) is 5.75 Å². The van der Waals surface area contributed by atoms with Gasteiger partial charge in [-0.25, -0.2) is 9.18 Å². The molecule has 5 nitrogen and oxygen atoms in total. The highest BCUT2D eigenvalue weighted by atomic mass is 79.9. The number of fused-ring (bicyclic) bond motifs is 1. The number of carbonyl (C=O) groups is 1. The van der Waals surface area contributed by atoms with Crippen LogP contribution in [0.25, 0.3) is 10.9 Å². The number of hydrogen-bond donors (Lipinski definition) is 2. The maximum Gasteiger partial charge on any atom is 0.343 e. The van der Waals surface area contributed by atoms with E-state index in [-0.39, 0.29) is 45.8 Å². The molecular formula is C14H16BrFN2O3S. The fourth-order valence-corrected chi connectivity index (χ4v) is 2.58. The van der Waals surface area contributed by atoms with Crippen LogP contribution in [0, 0.1) is 5.82 Å². The summed E-state index contributed by atoms with van der Waals surface area (Å²) in [5.74, 6) is -0.952. The zero-order chi connectivity index (χ0) is 15.4. The van der Waals surface area contributed by atoms with Gasteiger partial charge in [-0.15, -0.1) is 28.7 Å². The van der Waals surface area contributed by atoms with Gasteiger partial charge >= 0.3 is 5.97 Å². The van der Waals surface area contributed by atoms with Gasteiger partial charge in [0.25, 0.3) is 0 Å². The van der Waals surface area contributed by atoms with E-state index in [1.165, 1.54) is 17.8 Å². The third-order valence-electron chi connectivity index (χ3n) is 2.75. The second-order valence-electron chi connectivity index (χ2n) is 4.18. The van der Waals surface area contributed by atoms with E-state index in [1.807, 2.05) is 0 Å². The van der Waals surface area contributed by atoms with Gasteiger partial charge in [-0.05, 0) is 19.1 Å². The molecule has 0 bridgehead atoms. The van der Waals surface area contributed by atoms with Crippen LogP contribution in [0.3, 0.4) is 0 Å². The van der Waals surface area contributed by atoms with Gasteiger partial charge in [0.1, 0.15) is 16.8 Å². The Labute approximate surface area is 141 Å². The Morgan fingerprint density at radius 2 is 2.23 bits per heavy atom. The molecule has 0 aliphatic rings. The van der Waals surface area contributed by atoms with Crippen LogP contribution >= 0.6 is 28.7 Å². The Morgan fingerprint density at radius 3 is 2.86 bits per heavy atom. The number of thioether (sulfide) groups is 1. The van der Waals surface area contributed by atoms with Crippen molar-refractivity contribution in [2.24, 2.45) is 5.73 Å². The highest BCUT2D eigenvalue weighted by Gasteiger charge is 2.18. The highest BCUT2D eigenvalue weighted by molar-refractivity contribution is 8.93. The summed E-state index contributed by atoms with van der Waals surface area (Å²) in [7, 11) is 0. The molecule has 2 aromatic rings. The fourth-order valence-electron chi connectivity index (χ4n) is 1.84. The number of nitrogens with zero attached hydrogens (tertiary/aromatic N) is 1. The second-order valence-corrected chi connectivity index (χ2v) is 5.35. The van der Waals surface area contributed by atoms with E-state index in [1.54, 1.807) is 13.0 Å². The molecule has 0 fully saturated rings. The molecule has 0 saturated heterocycles. The van der Waals surface area contributed by atoms with Crippen LogP contribution in [0.2, 0.25) is 0 Å². The number of aromatic hydroxyl groups is 1. The molecule has 2 rings (SSSR count). The predicted molar refractivity (Wildman–Crippen MR) is 89.4 cm³/mol. The van der Waals surface area contributed by atoms with E-state index in [0.29, 0.717) is 17.2 Å². The summed E-state index contributed by atoms with van der Waals surface area (Å²) in [4.78, 5) is 16.2. The predicted octanol–water partition coefficient (Wildman–Crippen LogP) is 2.88. The quantitative estimate of drug-likeness (QED) is 0.602. The smallest absolute Gasteiger partial charge is 0.343 e. The lowest BCUT2D eigenvalue weighted by Gasteiger charge is -2.09. The van der Waals surface area contributed by atoms with Crippen LogP contribution in [0.15, 0.2) is 23.2 Å². The van der Waals surface area contributed by atoms with Gasteiger partial charge in [-0.3, -0.25) is 4.98 Å². The van der Waals surface area contributed by atoms with Crippen molar-refractivity contribution in [3.05, 3.63) is 29.7 Å². The number of aromatic nitrogens is 1. The largest absolute Gasteiger partial charge is 0.506 e. The van der Waals surface area contributed by atoms with Crippen LogP contribution in [0.4, 0.5) is 4.39 Å². The summed E-state index contributed by atoms with van der Waals surface area (Å²) in [6.07, 6.45) is 1.12. The minimum Gasteiger partial charge on any atom is -0.506 e. The molecular weight excluding hydrogens is 375 g/mol. The van der Waals surface area contributed by atoms with E-state index >= 15 is 0 Å². The number of ether oxygens (including phenoxy) is 1. The number of halogens is 2. The molecule has 0 aliphatic heterocycles. The third kappa shape index (κ3) is 3.88. The summed E-state index contributed by atoms with van der Waals surface area (Å²) >= 11 is 1.36. The van der Waals surface area contributed by atoms with E-state index < -0.39 is 11.8 Å². The Hall–Kier alpha value is -1.38. The van der Waals surface area contributed by atoms with Gasteiger partial charge in [0.15, 0.2) is 5.82 Å². The van der Waals surface area contributed by atoms with Crippen molar-refractivity contribution >= 4 is 45.6 Å². The number of rotatable bonds is 5. The minimum absolute atomic E-state index is 0. The topological polar surface area (TPSA) is 85.4 Å². The Balaban J connectivity index is 0.00000242. The number of esters is 1. The maximum absolute atomic E-state index is 14.0. The average molecular weight is 391 g/mol. The summed E-state index contributed by atoms with van der Waals surface area (Å²) in [5.41, 5.74) is 5.35. The van der Waals surface area contributed by atoms with Crippen molar-refractivity contribution in [3.63, 3.8) is 0 Å². The molecule has 22 heavy (non-hydrogen) atoms. The van der Waals surface area contributed by atoms with Crippen LogP contribution in [-0.4, -0.2) is 35.0 Å². The lowest BCUT2D eigenvalue weighted by Crippen LogP contribution is -2.06. The first-order chi connectivity index (χ1) is 10.1. The van der Waals surface area contributed by atoms with Crippen molar-refractivity contribution < 1.29 is 19.0 Å². The second kappa shape index (κ2) is 8.30. The van der Waals surface area contributed by atoms with Crippen LogP contribution < -0.4 is 5.73 Å². The lowest BCUT2D eigenvalue weighted by molar-refractivity contribution is 0.0523. The molecule has 0 radical (unpaired) electrons. The average Bonchev–Trinajstić information content (AvgIpc) is 2.46. The first-order valence-electron chi connectivity index (χ1n) is 6.39. The summed E-state index contributed by atoms with van der Waals surface area (Å²) in [6, 6.07) is 2.92. The molecule has 0 aliphatic carbocycles. The Morgan fingerprint density at radius 1 is 1.50 bits per heavy atom. The van der Waals surface area contributed by atoms with Gasteiger partial charge in [0.05, 0.1) is 6.61 Å². The summed E-state index contributed by atoms with van der Waals surface area (Å²) in [6.45, 7) is 2.29. The first kappa shape index (κ1) is 18.7. The molecule has 1 heterocycles. The zero-order valence-electron chi connectivity index (χ0n) is 11.8. The van der Waals surface area contributed by atoms with Crippen molar-refractivity contribution in [1.29, 1.82) is 0 Å². The molecule has 3 N–H and O–H groups in total. The highest BCUT2D eigenvalue weighted by Crippen LogP contribution is 2.32. The number of hydrogen-bond acceptors (Lipinski definition) is 6. The van der Waals surface area contributed by atoms with Crippen molar-refractivity contribution in [2.45, 2.75) is 11.8 Å². The zero-order valence-corrected chi connectivity index (χ0v) is 14.4. The van der Waals surface area contributed by atoms with Crippen LogP contribution in [0.1, 0.15) is 17.3 Å². The van der Waals surface area contributed by atoms with Crippen LogP contribution in [-0.2, 0) is 4.74 Å². The molecule has 0 unspecified atom stereocenters. The number of benzene rings is 1. The molecule has 0 spiro atoms. The lowest BCUT2D eigenvalue weighted by atomic mass is 10.1. The fraction of sp³-hybridized carbons (Fsp3) is 0.286. The van der Waals surface area contributed by atoms with Gasteiger partial charge in [0.2, 0.25) is 0 Å². The molecule has 8 heteroatoms. The van der Waals surface area contributed by atoms with E-state index in [4.69, 9.17) is 10.5 Å². The molecule has 1 aromatic heterocycles. The van der Waals surface area contributed by atoms with E-state index in [2.05, 4.69) is 4.98 Å². The molecule has 0 saturated carbocycles. The number of nitrogens with two attached hydrogens (primary N) is 1. The first-order valence-corrected chi connectivity index (χ1v) is 7.38. The monoisotopic (exact) mass is 390 g/mol. The standard InChI is InChI=1S/C14H15FN2O3S.BrH/c1-2-20-14(19)10-7-17-12-9(13(10)18)5-8(6-11(12)15)21-4-3-16;/h5-7H,2-4,16H2,1H3,(H,17,18);1H. The van der Waals surface area contributed by atoms with Crippen molar-refractivity contribution in [1.82, 2.24) is 4.98 Å². The van der Waals surface area contributed by atoms with Gasteiger partial charge < -0.3 is 15.6 Å². The van der Waals surface area contributed by atoms with Gasteiger partial charge in [0, 0.05) is 28.8 Å². The molecule has 0 atom stereocenters. The van der Waals surface area contributed by atoms with Gasteiger partial charge in [-0.2, -0.15) is 0 Å². The van der Waals surface area contributed by atoms with Gasteiger partial charge in [-0.1, -0.05) is 0 Å². The summed E-state index contributed by atoms with van der Waals surface area (Å²) in [5, 5.41) is 10.4. The summed E-state index contributed by atoms with van der Waals surface area (Å²) < 4.78 is 18.8. The minimum atomic E-state index is -0.690. The normalized spacial score (nSPS) is 10.3. The van der Waals surface area contributed by atoms with Crippen molar-refractivity contribution in [2.75, 3.05) is 18.9 Å². The molecule has 0 amide bonds. The molecule has 1 aromatic carbocycles.